The highest BCUT2D eigenvalue weighted by molar-refractivity contribution is 8.00. The Morgan fingerprint density at radius 2 is 2.18 bits per heavy atom. The molecule has 1 aromatic carbocycles. The molecule has 0 aliphatic carbocycles. The van der Waals surface area contributed by atoms with E-state index in [1.807, 2.05) is 20.8 Å². The molecule has 1 atom stereocenters. The van der Waals surface area contributed by atoms with Crippen molar-refractivity contribution >= 4 is 44.9 Å². The number of thioether (sulfide) groups is 1. The molecule has 1 amide bonds. The Kier molecular flexibility index (Phi) is 5.87. The van der Waals surface area contributed by atoms with Gasteiger partial charge >= 0.3 is 0 Å². The molecule has 0 radical (unpaired) electrons. The molecular weight excluding hydrogens is 392 g/mol. The zero-order valence-electron chi connectivity index (χ0n) is 16.1. The number of thiophene rings is 1. The van der Waals surface area contributed by atoms with Gasteiger partial charge in [0.05, 0.1) is 22.3 Å². The third-order valence-corrected chi connectivity index (χ3v) is 6.67. The number of nitrogens with one attached hydrogen (secondary N) is 1. The number of amides is 1. The van der Waals surface area contributed by atoms with Crippen molar-refractivity contribution in [1.82, 2.24) is 9.55 Å². The quantitative estimate of drug-likeness (QED) is 0.504. The van der Waals surface area contributed by atoms with Gasteiger partial charge < -0.3 is 5.32 Å². The highest BCUT2D eigenvalue weighted by Gasteiger charge is 2.21. The van der Waals surface area contributed by atoms with E-state index in [9.17, 15) is 9.59 Å². The molecule has 0 bridgehead atoms. The second kappa shape index (κ2) is 8.17. The number of anilines is 1. The first-order valence-corrected chi connectivity index (χ1v) is 10.5. The molecule has 8 heteroatoms. The molecule has 0 saturated heterocycles. The summed E-state index contributed by atoms with van der Waals surface area (Å²) >= 11 is 2.76. The average molecular weight is 413 g/mol. The van der Waals surface area contributed by atoms with Crippen molar-refractivity contribution in [1.29, 1.82) is 5.26 Å². The summed E-state index contributed by atoms with van der Waals surface area (Å²) in [7, 11) is 0. The Morgan fingerprint density at radius 1 is 1.43 bits per heavy atom. The lowest BCUT2D eigenvalue weighted by Gasteiger charge is -2.15. The number of nitrogens with zero attached hydrogens (tertiary/aromatic N) is 3. The van der Waals surface area contributed by atoms with Crippen LogP contribution in [0.1, 0.15) is 29.9 Å². The van der Waals surface area contributed by atoms with Crippen LogP contribution in [-0.4, -0.2) is 20.7 Å². The number of fused-ring (bicyclic) bond motifs is 1. The number of carbonyl (C=O) groups is 1. The maximum absolute atomic E-state index is 12.9. The Bertz CT molecular complexity index is 1160. The molecule has 6 nitrogen and oxygen atoms in total. The lowest BCUT2D eigenvalue weighted by Crippen LogP contribution is -2.26. The molecule has 0 spiro atoms. The first kappa shape index (κ1) is 20.1. The van der Waals surface area contributed by atoms with Gasteiger partial charge in [0.1, 0.15) is 4.83 Å². The molecule has 0 aliphatic rings. The number of hydrogen-bond acceptors (Lipinski definition) is 6. The van der Waals surface area contributed by atoms with Crippen molar-refractivity contribution in [2.75, 3.05) is 5.32 Å². The molecule has 28 heavy (non-hydrogen) atoms. The van der Waals surface area contributed by atoms with Crippen LogP contribution in [0.3, 0.4) is 0 Å². The van der Waals surface area contributed by atoms with E-state index >= 15 is 0 Å². The van der Waals surface area contributed by atoms with E-state index in [-0.39, 0.29) is 11.5 Å². The molecule has 0 saturated carbocycles. The maximum atomic E-state index is 12.9. The number of aryl methyl sites for hydroxylation is 2. The minimum absolute atomic E-state index is 0.0637. The highest BCUT2D eigenvalue weighted by atomic mass is 32.2. The number of benzene rings is 1. The molecule has 3 aromatic rings. The van der Waals surface area contributed by atoms with Crippen molar-refractivity contribution in [3.05, 3.63) is 50.6 Å². The fraction of sp³-hybridized carbons (Fsp3) is 0.300. The van der Waals surface area contributed by atoms with Crippen LogP contribution in [0.2, 0.25) is 0 Å². The van der Waals surface area contributed by atoms with Crippen LogP contribution in [0, 0.1) is 25.2 Å². The predicted molar refractivity (Wildman–Crippen MR) is 114 cm³/mol. The number of aromatic nitrogens is 2. The van der Waals surface area contributed by atoms with E-state index in [0.29, 0.717) is 33.2 Å². The summed E-state index contributed by atoms with van der Waals surface area (Å²) in [6, 6.07) is 8.81. The topological polar surface area (TPSA) is 87.8 Å². The molecule has 0 unspecified atom stereocenters. The van der Waals surface area contributed by atoms with Crippen LogP contribution in [-0.2, 0) is 11.3 Å². The second-order valence-electron chi connectivity index (χ2n) is 6.35. The highest BCUT2D eigenvalue weighted by Crippen LogP contribution is 2.30. The minimum Gasteiger partial charge on any atom is -0.325 e. The molecule has 0 aliphatic heterocycles. The number of hydrogen-bond donors (Lipinski definition) is 1. The second-order valence-corrected chi connectivity index (χ2v) is 8.86. The van der Waals surface area contributed by atoms with Gasteiger partial charge in [-0.05, 0) is 51.5 Å². The van der Waals surface area contributed by atoms with Crippen LogP contribution < -0.4 is 10.9 Å². The normalized spacial score (nSPS) is 12.0. The summed E-state index contributed by atoms with van der Waals surface area (Å²) in [4.78, 5) is 32.0. The molecule has 1 N–H and O–H groups in total. The van der Waals surface area contributed by atoms with Crippen molar-refractivity contribution in [3.63, 3.8) is 0 Å². The summed E-state index contributed by atoms with van der Waals surface area (Å²) in [6.07, 6.45) is 0. The van der Waals surface area contributed by atoms with Crippen molar-refractivity contribution in [2.24, 2.45) is 0 Å². The molecule has 3 rings (SSSR count). The third kappa shape index (κ3) is 3.81. The summed E-state index contributed by atoms with van der Waals surface area (Å²) in [6.45, 7) is 8.07. The smallest absolute Gasteiger partial charge is 0.263 e. The fourth-order valence-electron chi connectivity index (χ4n) is 2.80. The third-order valence-electron chi connectivity index (χ3n) is 4.48. The number of carbonyl (C=O) groups excluding carboxylic acids is 1. The fourth-order valence-corrected chi connectivity index (χ4v) is 4.84. The van der Waals surface area contributed by atoms with Gasteiger partial charge in [-0.1, -0.05) is 17.8 Å². The van der Waals surface area contributed by atoms with Gasteiger partial charge in [-0.25, -0.2) is 4.98 Å². The predicted octanol–water partition coefficient (Wildman–Crippen LogP) is 4.09. The van der Waals surface area contributed by atoms with Crippen LogP contribution >= 0.6 is 23.1 Å². The monoisotopic (exact) mass is 412 g/mol. The molecule has 2 heterocycles. The number of rotatable bonds is 5. The molecule has 2 aromatic heterocycles. The van der Waals surface area contributed by atoms with Crippen molar-refractivity contribution in [2.45, 2.75) is 44.6 Å². The maximum Gasteiger partial charge on any atom is 0.263 e. The van der Waals surface area contributed by atoms with Crippen LogP contribution in [0.5, 0.6) is 0 Å². The Hall–Kier alpha value is -2.63. The first-order valence-electron chi connectivity index (χ1n) is 8.84. The summed E-state index contributed by atoms with van der Waals surface area (Å²) in [5, 5.41) is 12.5. The minimum atomic E-state index is -0.463. The zero-order chi connectivity index (χ0) is 20.4. The summed E-state index contributed by atoms with van der Waals surface area (Å²) in [5.41, 5.74) is 1.95. The molecule has 144 valence electrons. The van der Waals surface area contributed by atoms with Crippen molar-refractivity contribution < 1.29 is 4.79 Å². The Labute approximate surface area is 171 Å². The SMILES string of the molecule is CCn1c(S[C@@H](C)C(=O)Nc2cccc(C#N)c2)nc2sc(C)c(C)c2c1=O. The Morgan fingerprint density at radius 3 is 2.86 bits per heavy atom. The molecular formula is C20H20N4O2S2. The van der Waals surface area contributed by atoms with Gasteiger partial charge in [0, 0.05) is 17.1 Å². The van der Waals surface area contributed by atoms with Crippen LogP contribution in [0.4, 0.5) is 5.69 Å². The van der Waals surface area contributed by atoms with Gasteiger partial charge in [0.15, 0.2) is 5.16 Å². The lowest BCUT2D eigenvalue weighted by molar-refractivity contribution is -0.115. The number of nitriles is 1. The van der Waals surface area contributed by atoms with Gasteiger partial charge in [-0.15, -0.1) is 11.3 Å². The average Bonchev–Trinajstić information content (AvgIpc) is 2.96. The lowest BCUT2D eigenvalue weighted by atomic mass is 10.2. The van der Waals surface area contributed by atoms with E-state index in [1.54, 1.807) is 35.8 Å². The Balaban J connectivity index is 1.88. The van der Waals surface area contributed by atoms with E-state index < -0.39 is 5.25 Å². The van der Waals surface area contributed by atoms with Crippen LogP contribution in [0.25, 0.3) is 10.2 Å². The van der Waals surface area contributed by atoms with Gasteiger partial charge in [0.25, 0.3) is 5.56 Å². The van der Waals surface area contributed by atoms with E-state index in [4.69, 9.17) is 5.26 Å². The van der Waals surface area contributed by atoms with E-state index in [2.05, 4.69) is 16.4 Å². The van der Waals surface area contributed by atoms with E-state index in [1.165, 1.54) is 23.1 Å². The summed E-state index contributed by atoms with van der Waals surface area (Å²) in [5.74, 6) is -0.212. The van der Waals surface area contributed by atoms with Crippen LogP contribution in [0.15, 0.2) is 34.2 Å². The van der Waals surface area contributed by atoms with Crippen molar-refractivity contribution in [3.8, 4) is 6.07 Å². The van der Waals surface area contributed by atoms with Gasteiger partial charge in [-0.3, -0.25) is 14.2 Å². The molecule has 0 fully saturated rings. The standard InChI is InChI=1S/C20H20N4O2S2/c1-5-24-19(26)16-11(2)12(3)27-18(16)23-20(24)28-13(4)17(25)22-15-8-6-7-14(9-15)10-21/h6-9,13H,5H2,1-4H3,(H,22,25)/t13-/m0/s1. The first-order chi connectivity index (χ1) is 13.3. The summed E-state index contributed by atoms with van der Waals surface area (Å²) < 4.78 is 1.62. The zero-order valence-corrected chi connectivity index (χ0v) is 17.7. The largest absolute Gasteiger partial charge is 0.325 e. The van der Waals surface area contributed by atoms with Gasteiger partial charge in [0.2, 0.25) is 5.91 Å². The van der Waals surface area contributed by atoms with Gasteiger partial charge in [-0.2, -0.15) is 5.26 Å². The van der Waals surface area contributed by atoms with E-state index in [0.717, 1.165) is 10.4 Å².